The van der Waals surface area contributed by atoms with E-state index >= 15 is 0 Å². The molecule has 0 atom stereocenters. The number of rotatable bonds is 12. The van der Waals surface area contributed by atoms with Gasteiger partial charge in [-0.15, -0.1) is 0 Å². The number of carboxylic acids is 2. The van der Waals surface area contributed by atoms with Gasteiger partial charge < -0.3 is 20.8 Å². The maximum atomic E-state index is 12.7. The molecule has 0 saturated heterocycles. The van der Waals surface area contributed by atoms with E-state index in [4.69, 9.17) is 5.11 Å². The molecule has 0 bridgehead atoms. The first kappa shape index (κ1) is 26.6. The Morgan fingerprint density at radius 1 is 1.03 bits per heavy atom. The Bertz CT molecular complexity index is 1060. The monoisotopic (exact) mass is 450 g/mol. The topological polar surface area (TPSA) is 133 Å². The molecule has 1 rings (SSSR count). The number of carbonyl (C=O) groups excluding carboxylic acids is 2. The minimum absolute atomic E-state index is 0.129. The van der Waals surface area contributed by atoms with Gasteiger partial charge in [-0.05, 0) is 36.8 Å². The lowest BCUT2D eigenvalue weighted by Crippen LogP contribution is -2.20. The van der Waals surface area contributed by atoms with Crippen LogP contribution < -0.4 is 10.6 Å². The Morgan fingerprint density at radius 2 is 1.76 bits per heavy atom. The van der Waals surface area contributed by atoms with Crippen LogP contribution in [0.1, 0.15) is 40.5 Å². The lowest BCUT2D eigenvalue weighted by atomic mass is 10.1. The van der Waals surface area contributed by atoms with E-state index in [1.165, 1.54) is 12.2 Å². The van der Waals surface area contributed by atoms with Crippen molar-refractivity contribution in [2.75, 3.05) is 5.32 Å². The Morgan fingerprint density at radius 3 is 2.36 bits per heavy atom. The minimum atomic E-state index is -1.32. The first-order valence-corrected chi connectivity index (χ1v) is 9.92. The van der Waals surface area contributed by atoms with Crippen LogP contribution in [0, 0.1) is 0 Å². The highest BCUT2D eigenvalue weighted by Crippen LogP contribution is 2.19. The number of hydrogen-bond acceptors (Lipinski definition) is 4. The fourth-order valence-electron chi connectivity index (χ4n) is 2.48. The zero-order chi connectivity index (χ0) is 24.8. The van der Waals surface area contributed by atoms with E-state index in [2.05, 4.69) is 23.8 Å². The zero-order valence-electron chi connectivity index (χ0n) is 18.2. The van der Waals surface area contributed by atoms with Crippen LogP contribution >= 0.6 is 0 Å². The molecule has 0 fully saturated rings. The molecule has 0 saturated carbocycles. The average molecular weight is 450 g/mol. The number of nitrogens with one attached hydrogen (secondary N) is 2. The molecule has 0 aliphatic rings. The molecule has 8 heteroatoms. The second-order valence-electron chi connectivity index (χ2n) is 6.55. The molecule has 0 aliphatic heterocycles. The summed E-state index contributed by atoms with van der Waals surface area (Å²) in [7, 11) is 0. The van der Waals surface area contributed by atoms with Gasteiger partial charge in [0, 0.05) is 17.7 Å². The molecule has 1 aromatic rings. The predicted octanol–water partition coefficient (Wildman–Crippen LogP) is 4.23. The lowest BCUT2D eigenvalue weighted by molar-refractivity contribution is -0.119. The molecule has 0 spiro atoms. The Labute approximate surface area is 192 Å². The molecule has 4 N–H and O–H groups in total. The van der Waals surface area contributed by atoms with Crippen molar-refractivity contribution in [3.05, 3.63) is 102 Å². The summed E-state index contributed by atoms with van der Waals surface area (Å²) in [6.07, 6.45) is 13.5. The fraction of sp³-hybridized carbons (Fsp3) is 0.120. The third kappa shape index (κ3) is 9.48. The van der Waals surface area contributed by atoms with E-state index in [1.54, 1.807) is 43.4 Å². The molecule has 0 heterocycles. The summed E-state index contributed by atoms with van der Waals surface area (Å²) in [6.45, 7) is 9.07. The number of benzene rings is 1. The van der Waals surface area contributed by atoms with Gasteiger partial charge >= 0.3 is 11.9 Å². The van der Waals surface area contributed by atoms with Gasteiger partial charge in [0.25, 0.3) is 5.91 Å². The van der Waals surface area contributed by atoms with Gasteiger partial charge in [0.1, 0.15) is 0 Å². The van der Waals surface area contributed by atoms with Gasteiger partial charge in [0.15, 0.2) is 0 Å². The van der Waals surface area contributed by atoms with Crippen LogP contribution in [0.3, 0.4) is 0 Å². The molecule has 0 radical (unpaired) electrons. The maximum Gasteiger partial charge on any atom is 0.337 e. The van der Waals surface area contributed by atoms with Crippen molar-refractivity contribution in [2.24, 2.45) is 0 Å². The van der Waals surface area contributed by atoms with Crippen molar-refractivity contribution in [2.45, 2.75) is 19.8 Å². The zero-order valence-corrected chi connectivity index (χ0v) is 18.2. The molecule has 2 amide bonds. The van der Waals surface area contributed by atoms with Gasteiger partial charge in [-0.25, -0.2) is 9.59 Å². The first-order chi connectivity index (χ1) is 15.7. The van der Waals surface area contributed by atoms with Crippen molar-refractivity contribution in [1.82, 2.24) is 5.32 Å². The summed E-state index contributed by atoms with van der Waals surface area (Å²) < 4.78 is 0. The minimum Gasteiger partial charge on any atom is -0.478 e. The molecular weight excluding hydrogens is 424 g/mol. The summed E-state index contributed by atoms with van der Waals surface area (Å²) in [4.78, 5) is 47.3. The maximum absolute atomic E-state index is 12.7. The van der Waals surface area contributed by atoms with Gasteiger partial charge in [-0.1, -0.05) is 56.5 Å². The van der Waals surface area contributed by atoms with E-state index in [0.717, 1.165) is 18.2 Å². The fourth-order valence-corrected chi connectivity index (χ4v) is 2.48. The molecule has 33 heavy (non-hydrogen) atoms. The Kier molecular flexibility index (Phi) is 11.1. The first-order valence-electron chi connectivity index (χ1n) is 9.92. The molecular formula is C25H26N2O6. The average Bonchev–Trinajstić information content (AvgIpc) is 2.76. The molecule has 1 aromatic carbocycles. The van der Waals surface area contributed by atoms with Gasteiger partial charge in [-0.2, -0.15) is 0 Å². The number of allylic oxidation sites excluding steroid dienone is 6. The number of carbonyl (C=O) groups is 4. The van der Waals surface area contributed by atoms with Gasteiger partial charge in [0.2, 0.25) is 5.91 Å². The molecule has 0 aromatic heterocycles. The smallest absolute Gasteiger partial charge is 0.337 e. The molecule has 8 nitrogen and oxygen atoms in total. The van der Waals surface area contributed by atoms with Gasteiger partial charge in [0.05, 0.1) is 16.8 Å². The molecule has 0 aliphatic carbocycles. The summed E-state index contributed by atoms with van der Waals surface area (Å²) in [5.41, 5.74) is -0.131. The van der Waals surface area contributed by atoms with Crippen LogP contribution in [0.15, 0.2) is 91.2 Å². The molecule has 172 valence electrons. The highest BCUT2D eigenvalue weighted by molar-refractivity contribution is 6.09. The van der Waals surface area contributed by atoms with Crippen molar-refractivity contribution < 1.29 is 29.4 Å². The van der Waals surface area contributed by atoms with Crippen molar-refractivity contribution in [1.29, 1.82) is 0 Å². The van der Waals surface area contributed by atoms with Gasteiger partial charge in [-0.3, -0.25) is 9.59 Å². The quantitative estimate of drug-likeness (QED) is 0.278. The number of carboxylic acid groups (broad SMARTS) is 2. The summed E-state index contributed by atoms with van der Waals surface area (Å²) in [5, 5.41) is 23.5. The van der Waals surface area contributed by atoms with E-state index in [9.17, 15) is 24.3 Å². The van der Waals surface area contributed by atoms with E-state index in [-0.39, 0.29) is 40.4 Å². The third-order valence-corrected chi connectivity index (χ3v) is 3.99. The van der Waals surface area contributed by atoms with Crippen molar-refractivity contribution in [3.8, 4) is 0 Å². The van der Waals surface area contributed by atoms with Crippen LogP contribution in [0.4, 0.5) is 5.69 Å². The van der Waals surface area contributed by atoms with Crippen LogP contribution in [0.2, 0.25) is 0 Å². The summed E-state index contributed by atoms with van der Waals surface area (Å²) >= 11 is 0. The Balaban J connectivity index is 2.92. The summed E-state index contributed by atoms with van der Waals surface area (Å²) in [5.74, 6) is -3.52. The highest BCUT2D eigenvalue weighted by Gasteiger charge is 2.16. The second kappa shape index (κ2) is 13.8. The highest BCUT2D eigenvalue weighted by atomic mass is 16.4. The van der Waals surface area contributed by atoms with Crippen molar-refractivity contribution >= 4 is 29.4 Å². The SMILES string of the molecule is C=C/C=C\C=C/CC(=O)NC(=C)/C=C\C(=C/CC)C(=O)Nc1cc(C(=O)O)ccc1C(=O)O. The van der Waals surface area contributed by atoms with Crippen LogP contribution in [0.25, 0.3) is 0 Å². The summed E-state index contributed by atoms with van der Waals surface area (Å²) in [6, 6.07) is 3.33. The van der Waals surface area contributed by atoms with E-state index < -0.39 is 17.8 Å². The third-order valence-electron chi connectivity index (χ3n) is 3.99. The van der Waals surface area contributed by atoms with E-state index in [0.29, 0.717) is 6.42 Å². The van der Waals surface area contributed by atoms with Crippen LogP contribution in [-0.2, 0) is 9.59 Å². The number of aromatic carboxylic acids is 2. The normalized spacial score (nSPS) is 11.6. The largest absolute Gasteiger partial charge is 0.478 e. The Hall–Kier alpha value is -4.46. The lowest BCUT2D eigenvalue weighted by Gasteiger charge is -2.10. The number of anilines is 1. The second-order valence-corrected chi connectivity index (χ2v) is 6.55. The number of hydrogen-bond donors (Lipinski definition) is 4. The number of amides is 2. The molecule has 0 unspecified atom stereocenters. The van der Waals surface area contributed by atoms with Crippen LogP contribution in [0.5, 0.6) is 0 Å². The van der Waals surface area contributed by atoms with E-state index in [1.807, 2.05) is 0 Å². The predicted molar refractivity (Wildman–Crippen MR) is 127 cm³/mol. The van der Waals surface area contributed by atoms with Crippen molar-refractivity contribution in [3.63, 3.8) is 0 Å². The standard InChI is InChI=1S/C25H26N2O6/c1-4-6-7-8-9-11-22(28)26-17(3)12-13-18(10-5-2)23(29)27-21-16-19(24(30)31)14-15-20(21)25(32)33/h4,6-10,12-16H,1,3,5,11H2,2H3,(H,26,28)(H,27,29)(H,30,31)(H,32,33)/b7-6-,9-8-,13-12-,18-10+. The van der Waals surface area contributed by atoms with Crippen LogP contribution in [-0.4, -0.2) is 34.0 Å².